The van der Waals surface area contributed by atoms with Crippen LogP contribution in [0.5, 0.6) is 0 Å². The molecule has 0 aliphatic carbocycles. The van der Waals surface area contributed by atoms with Crippen molar-refractivity contribution in [3.05, 3.63) is 332 Å². The molecule has 118 heavy (non-hydrogen) atoms. The van der Waals surface area contributed by atoms with E-state index in [0.717, 1.165) is 10.9 Å². The van der Waals surface area contributed by atoms with Crippen LogP contribution in [0.1, 0.15) is 99.6 Å². The highest BCUT2D eigenvalue weighted by atomic mass is 35.5. The predicted molar refractivity (Wildman–Crippen MR) is 448 cm³/mol. The van der Waals surface area contributed by atoms with E-state index in [4.69, 9.17) is 49.0 Å². The SMILES string of the molecule is CCOC(=O)c1c(N2CCN(C(=O)c3ccc(Cl)c(Cl)c3)CC2)c2ccccc2n(Cc2ccc(F)cc2)c1=O.CCOC(=O)c1c(N2CCN(C(=O)c3ccc(Cl)cc3)CC2)c2ccccc2n(Cc2ccc(F)cc2)c1=O.CCOC(=O)c1c(N2CCN(C(=O)c3ccc(F)cc3)CC2)c2ccccc2n(Cc2ccc(F)cc2)c1=O. The molecule has 3 aliphatic heterocycles. The Bertz CT molecular complexity index is 5710. The van der Waals surface area contributed by atoms with Crippen LogP contribution in [0.4, 0.5) is 34.6 Å². The molecule has 12 aromatic rings. The molecule has 0 spiro atoms. The summed E-state index contributed by atoms with van der Waals surface area (Å²) in [4.78, 5) is 131. The molecule has 606 valence electrons. The summed E-state index contributed by atoms with van der Waals surface area (Å²) >= 11 is 18.1. The van der Waals surface area contributed by atoms with Crippen LogP contribution < -0.4 is 31.4 Å². The fourth-order valence-corrected chi connectivity index (χ4v) is 15.3. The van der Waals surface area contributed by atoms with Gasteiger partial charge in [-0.15, -0.1) is 0 Å². The maximum Gasteiger partial charge on any atom is 0.345 e. The van der Waals surface area contributed by atoms with E-state index in [1.54, 1.807) is 114 Å². The lowest BCUT2D eigenvalue weighted by Crippen LogP contribution is -2.49. The summed E-state index contributed by atoms with van der Waals surface area (Å²) in [6, 6.07) is 56.7. The number of halogens is 7. The van der Waals surface area contributed by atoms with Crippen molar-refractivity contribution < 1.29 is 60.5 Å². The second-order valence-electron chi connectivity index (χ2n) is 27.9. The molecule has 3 saturated heterocycles. The fraction of sp³-hybridized carbons (Fsp3) is 0.233. The molecule has 6 heterocycles. The smallest absolute Gasteiger partial charge is 0.345 e. The van der Waals surface area contributed by atoms with Crippen LogP contribution in [-0.4, -0.2) is 162 Å². The Balaban J connectivity index is 0.000000153. The molecule has 21 nitrogen and oxygen atoms in total. The molecule has 0 atom stereocenters. The number of benzene rings is 9. The summed E-state index contributed by atoms with van der Waals surface area (Å²) in [6.07, 6.45) is 0. The summed E-state index contributed by atoms with van der Waals surface area (Å²) in [5.74, 6) is -4.15. The van der Waals surface area contributed by atoms with Crippen molar-refractivity contribution in [2.24, 2.45) is 0 Å². The Morgan fingerprint density at radius 3 is 0.873 bits per heavy atom. The van der Waals surface area contributed by atoms with Crippen molar-refractivity contribution in [2.45, 2.75) is 40.4 Å². The lowest BCUT2D eigenvalue weighted by Gasteiger charge is -2.37. The number of carbonyl (C=O) groups excluding carboxylic acids is 6. The lowest BCUT2D eigenvalue weighted by molar-refractivity contribution is 0.0514. The van der Waals surface area contributed by atoms with Gasteiger partial charge in [0.25, 0.3) is 34.4 Å². The summed E-state index contributed by atoms with van der Waals surface area (Å²) in [6.45, 7) is 10.5. The third-order valence-electron chi connectivity index (χ3n) is 20.6. The number of pyridine rings is 3. The number of para-hydroxylation sites is 3. The molecule has 0 unspecified atom stereocenters. The van der Waals surface area contributed by atoms with Crippen LogP contribution in [0.25, 0.3) is 32.7 Å². The van der Waals surface area contributed by atoms with Gasteiger partial charge in [0, 0.05) is 116 Å². The molecular formula is C90H80Cl3F4N9O12. The maximum absolute atomic E-state index is 13.9. The molecule has 0 N–H and O–H groups in total. The van der Waals surface area contributed by atoms with Gasteiger partial charge >= 0.3 is 17.9 Å². The quantitative estimate of drug-likeness (QED) is 0.0443. The van der Waals surface area contributed by atoms with Crippen molar-refractivity contribution >= 4 is 120 Å². The zero-order valence-electron chi connectivity index (χ0n) is 64.5. The molecule has 9 aromatic carbocycles. The van der Waals surface area contributed by atoms with Crippen molar-refractivity contribution in [3.8, 4) is 0 Å². The number of hydrogen-bond donors (Lipinski definition) is 0. The zero-order valence-corrected chi connectivity index (χ0v) is 66.8. The Hall–Kier alpha value is -12.6. The van der Waals surface area contributed by atoms with E-state index in [-0.39, 0.29) is 91.3 Å². The second kappa shape index (κ2) is 37.6. The van der Waals surface area contributed by atoms with Gasteiger partial charge in [0.2, 0.25) is 0 Å². The number of anilines is 3. The van der Waals surface area contributed by atoms with Crippen LogP contribution in [0, 0.1) is 23.3 Å². The molecule has 0 bridgehead atoms. The Labute approximate surface area is 690 Å². The number of esters is 3. The zero-order chi connectivity index (χ0) is 83.4. The molecule has 3 aromatic heterocycles. The Morgan fingerprint density at radius 1 is 0.322 bits per heavy atom. The number of aromatic nitrogens is 3. The molecule has 3 aliphatic rings. The van der Waals surface area contributed by atoms with E-state index in [2.05, 4.69) is 0 Å². The number of carbonyl (C=O) groups is 6. The van der Waals surface area contributed by atoms with E-state index in [0.29, 0.717) is 166 Å². The minimum atomic E-state index is -0.721. The fourth-order valence-electron chi connectivity index (χ4n) is 14.9. The van der Waals surface area contributed by atoms with Gasteiger partial charge in [-0.1, -0.05) is 126 Å². The number of ether oxygens (including phenoxy) is 3. The third kappa shape index (κ3) is 18.5. The second-order valence-corrected chi connectivity index (χ2v) is 29.2. The molecule has 3 fully saturated rings. The van der Waals surface area contributed by atoms with E-state index in [9.17, 15) is 60.7 Å². The summed E-state index contributed by atoms with van der Waals surface area (Å²) in [7, 11) is 0. The maximum atomic E-state index is 13.9. The first-order chi connectivity index (χ1) is 57.0. The Morgan fingerprint density at radius 2 is 0.585 bits per heavy atom. The average molecular weight is 1660 g/mol. The van der Waals surface area contributed by atoms with Crippen molar-refractivity contribution in [2.75, 3.05) is 113 Å². The standard InChI is InChI=1S/C30H26Cl2FN3O4.C30H27ClFN3O4.C30H27F2N3O4/c1-2-40-30(39)26-27(34-13-15-35(16-14-34)28(37)20-9-12-23(31)24(32)17-20)22-5-3-4-6-25(22)36(29(26)38)18-19-7-10-21(33)11-8-19;1-2-39-30(38)26-27(33-15-17-34(18-16-33)28(36)21-9-11-22(31)12-10-21)24-5-3-4-6-25(24)35(29(26)37)19-20-7-13-23(32)14-8-20;1-2-39-30(38)26-27(33-15-17-34(18-16-33)28(36)21-9-13-23(32)14-10-21)24-5-3-4-6-25(24)35(29(26)37)19-20-7-11-22(31)12-8-20/h3-12,17H,2,13-16,18H2,1H3;2*3-14H,2,15-19H2,1H3. The minimum absolute atomic E-state index is 0.0462. The van der Waals surface area contributed by atoms with E-state index < -0.39 is 40.4 Å². The van der Waals surface area contributed by atoms with E-state index >= 15 is 0 Å². The molecule has 0 radical (unpaired) electrons. The van der Waals surface area contributed by atoms with Gasteiger partial charge in [-0.25, -0.2) is 31.9 Å². The van der Waals surface area contributed by atoms with Gasteiger partial charge in [-0.3, -0.25) is 28.8 Å². The largest absolute Gasteiger partial charge is 0.462 e. The predicted octanol–water partition coefficient (Wildman–Crippen LogP) is 15.1. The summed E-state index contributed by atoms with van der Waals surface area (Å²) in [5, 5.41) is 3.36. The molecular weight excluding hydrogens is 1580 g/mol. The normalized spacial score (nSPS) is 13.5. The topological polar surface area (TPSA) is 216 Å². The molecule has 0 saturated carbocycles. The van der Waals surface area contributed by atoms with Crippen LogP contribution in [0.3, 0.4) is 0 Å². The van der Waals surface area contributed by atoms with Crippen LogP contribution in [0.15, 0.2) is 227 Å². The number of nitrogens with zero attached hydrogens (tertiary/aromatic N) is 9. The van der Waals surface area contributed by atoms with E-state index in [1.807, 2.05) is 87.5 Å². The summed E-state index contributed by atoms with van der Waals surface area (Å²) in [5.41, 5.74) is 5.22. The van der Waals surface area contributed by atoms with E-state index in [1.165, 1.54) is 74.4 Å². The van der Waals surface area contributed by atoms with Crippen molar-refractivity contribution in [3.63, 3.8) is 0 Å². The van der Waals surface area contributed by atoms with Gasteiger partial charge in [-0.2, -0.15) is 0 Å². The van der Waals surface area contributed by atoms with Crippen molar-refractivity contribution in [1.82, 2.24) is 28.4 Å². The van der Waals surface area contributed by atoms with Gasteiger partial charge in [0.05, 0.1) is 83.1 Å². The lowest BCUT2D eigenvalue weighted by atomic mass is 10.0. The molecule has 3 amide bonds. The first-order valence-corrected chi connectivity index (χ1v) is 39.5. The van der Waals surface area contributed by atoms with Gasteiger partial charge in [0.1, 0.15) is 40.0 Å². The minimum Gasteiger partial charge on any atom is -0.462 e. The Kier molecular flexibility index (Phi) is 26.5. The first-order valence-electron chi connectivity index (χ1n) is 38.3. The van der Waals surface area contributed by atoms with Crippen LogP contribution in [0.2, 0.25) is 15.1 Å². The number of fused-ring (bicyclic) bond motifs is 3. The average Bonchev–Trinajstić information content (AvgIpc) is 0.754. The van der Waals surface area contributed by atoms with Gasteiger partial charge in [-0.05, 0) is 159 Å². The molecule has 28 heteroatoms. The van der Waals surface area contributed by atoms with Crippen LogP contribution in [-0.2, 0) is 33.8 Å². The third-order valence-corrected chi connectivity index (χ3v) is 21.6. The van der Waals surface area contributed by atoms with Crippen molar-refractivity contribution in [1.29, 1.82) is 0 Å². The highest BCUT2D eigenvalue weighted by molar-refractivity contribution is 6.42. The number of piperazine rings is 3. The number of amides is 3. The summed E-state index contributed by atoms with van der Waals surface area (Å²) < 4.78 is 74.3. The monoisotopic (exact) mass is 1660 g/mol. The number of hydrogen-bond acceptors (Lipinski definition) is 15. The van der Waals surface area contributed by atoms with Gasteiger partial charge < -0.3 is 57.3 Å². The first kappa shape index (κ1) is 83.4. The van der Waals surface area contributed by atoms with Gasteiger partial charge in [0.15, 0.2) is 0 Å². The van der Waals surface area contributed by atoms with Crippen LogP contribution >= 0.6 is 34.8 Å². The molecule has 15 rings (SSSR count). The number of rotatable bonds is 18. The highest BCUT2D eigenvalue weighted by Crippen LogP contribution is 2.36. The highest BCUT2D eigenvalue weighted by Gasteiger charge is 2.35.